The van der Waals surface area contributed by atoms with Crippen LogP contribution in [0, 0.1) is 0 Å². The lowest BCUT2D eigenvalue weighted by Gasteiger charge is -2.34. The number of carbonyl (C=O) groups is 1. The van der Waals surface area contributed by atoms with Crippen LogP contribution in [-0.4, -0.2) is 55.0 Å². The SMILES string of the molecule is CN1CCCCC1CCN1CCOc2ccccc2C1=O. The molecular weight excluding hydrogens is 264 g/mol. The van der Waals surface area contributed by atoms with Gasteiger partial charge in [0, 0.05) is 12.6 Å². The summed E-state index contributed by atoms with van der Waals surface area (Å²) in [6, 6.07) is 8.18. The van der Waals surface area contributed by atoms with Crippen molar-refractivity contribution in [1.82, 2.24) is 9.80 Å². The maximum absolute atomic E-state index is 12.6. The molecule has 0 aliphatic carbocycles. The number of fused-ring (bicyclic) bond motifs is 1. The fourth-order valence-corrected chi connectivity index (χ4v) is 3.33. The number of nitrogens with zero attached hydrogens (tertiary/aromatic N) is 2. The van der Waals surface area contributed by atoms with E-state index in [1.807, 2.05) is 29.2 Å². The van der Waals surface area contributed by atoms with E-state index in [0.29, 0.717) is 24.8 Å². The van der Waals surface area contributed by atoms with Crippen LogP contribution in [0.25, 0.3) is 0 Å². The van der Waals surface area contributed by atoms with E-state index in [9.17, 15) is 4.79 Å². The van der Waals surface area contributed by atoms with Gasteiger partial charge in [0.25, 0.3) is 5.91 Å². The van der Waals surface area contributed by atoms with Gasteiger partial charge in [0.1, 0.15) is 12.4 Å². The summed E-state index contributed by atoms with van der Waals surface area (Å²) >= 11 is 0. The van der Waals surface area contributed by atoms with Gasteiger partial charge in [0.2, 0.25) is 0 Å². The minimum absolute atomic E-state index is 0.113. The Balaban J connectivity index is 1.64. The molecule has 114 valence electrons. The second-order valence-electron chi connectivity index (χ2n) is 6.06. The summed E-state index contributed by atoms with van der Waals surface area (Å²) in [5.74, 6) is 0.835. The number of ether oxygens (including phenoxy) is 1. The Morgan fingerprint density at radius 3 is 2.95 bits per heavy atom. The van der Waals surface area contributed by atoms with Crippen LogP contribution in [0.1, 0.15) is 36.0 Å². The lowest BCUT2D eigenvalue weighted by molar-refractivity contribution is 0.0726. The molecule has 3 rings (SSSR count). The molecule has 2 heterocycles. The summed E-state index contributed by atoms with van der Waals surface area (Å²) in [7, 11) is 2.20. The lowest BCUT2D eigenvalue weighted by atomic mass is 10.00. The summed E-state index contributed by atoms with van der Waals surface area (Å²) in [5.41, 5.74) is 0.701. The number of carbonyl (C=O) groups excluding carboxylic acids is 1. The Bertz CT molecular complexity index is 503. The van der Waals surface area contributed by atoms with Gasteiger partial charge in [-0.1, -0.05) is 18.6 Å². The number of para-hydroxylation sites is 1. The van der Waals surface area contributed by atoms with E-state index in [1.54, 1.807) is 0 Å². The van der Waals surface area contributed by atoms with Crippen LogP contribution >= 0.6 is 0 Å². The predicted molar refractivity (Wildman–Crippen MR) is 82.7 cm³/mol. The molecule has 2 aliphatic rings. The van der Waals surface area contributed by atoms with Crippen molar-refractivity contribution in [2.45, 2.75) is 31.7 Å². The Morgan fingerprint density at radius 1 is 1.24 bits per heavy atom. The Morgan fingerprint density at radius 2 is 2.10 bits per heavy atom. The number of rotatable bonds is 3. The van der Waals surface area contributed by atoms with E-state index in [4.69, 9.17) is 4.74 Å². The Kier molecular flexibility index (Phi) is 4.44. The minimum Gasteiger partial charge on any atom is -0.491 e. The van der Waals surface area contributed by atoms with Crippen LogP contribution in [-0.2, 0) is 0 Å². The first-order valence-corrected chi connectivity index (χ1v) is 7.97. The van der Waals surface area contributed by atoms with Gasteiger partial charge in [0.05, 0.1) is 12.1 Å². The third-order valence-electron chi connectivity index (χ3n) is 4.68. The van der Waals surface area contributed by atoms with Crippen molar-refractivity contribution >= 4 is 5.91 Å². The van der Waals surface area contributed by atoms with Gasteiger partial charge in [-0.15, -0.1) is 0 Å². The smallest absolute Gasteiger partial charge is 0.257 e. The summed E-state index contributed by atoms with van der Waals surface area (Å²) in [4.78, 5) is 17.0. The number of benzene rings is 1. The Labute approximate surface area is 126 Å². The van der Waals surface area contributed by atoms with Crippen LogP contribution in [0.4, 0.5) is 0 Å². The molecule has 1 fully saturated rings. The first-order chi connectivity index (χ1) is 10.3. The van der Waals surface area contributed by atoms with Crippen molar-refractivity contribution in [1.29, 1.82) is 0 Å². The fourth-order valence-electron chi connectivity index (χ4n) is 3.33. The van der Waals surface area contributed by atoms with Crippen LogP contribution in [0.2, 0.25) is 0 Å². The molecule has 0 saturated carbocycles. The van der Waals surface area contributed by atoms with E-state index >= 15 is 0 Å². The molecule has 0 bridgehead atoms. The highest BCUT2D eigenvalue weighted by Crippen LogP contribution is 2.24. The van der Waals surface area contributed by atoms with E-state index < -0.39 is 0 Å². The standard InChI is InChI=1S/C17H24N2O2/c1-18-10-5-4-6-14(18)9-11-19-12-13-21-16-8-3-2-7-15(16)17(19)20/h2-3,7-8,14H,4-6,9-13H2,1H3. The molecule has 1 amide bonds. The zero-order chi connectivity index (χ0) is 14.7. The third kappa shape index (κ3) is 3.21. The topological polar surface area (TPSA) is 32.8 Å². The molecule has 4 heteroatoms. The molecule has 1 aromatic carbocycles. The van der Waals surface area contributed by atoms with Crippen LogP contribution in [0.3, 0.4) is 0 Å². The number of hydrogen-bond acceptors (Lipinski definition) is 3. The van der Waals surface area contributed by atoms with Crippen molar-refractivity contribution in [3.63, 3.8) is 0 Å². The number of amides is 1. The molecule has 21 heavy (non-hydrogen) atoms. The van der Waals surface area contributed by atoms with Gasteiger partial charge >= 0.3 is 0 Å². The summed E-state index contributed by atoms with van der Waals surface area (Å²) in [5, 5.41) is 0. The zero-order valence-corrected chi connectivity index (χ0v) is 12.8. The second kappa shape index (κ2) is 6.48. The average Bonchev–Trinajstić information content (AvgIpc) is 2.67. The molecule has 1 atom stereocenters. The van der Waals surface area contributed by atoms with Crippen molar-refractivity contribution in [2.24, 2.45) is 0 Å². The van der Waals surface area contributed by atoms with E-state index in [0.717, 1.165) is 18.7 Å². The highest BCUT2D eigenvalue weighted by molar-refractivity contribution is 5.97. The van der Waals surface area contributed by atoms with Crippen LogP contribution < -0.4 is 4.74 Å². The fraction of sp³-hybridized carbons (Fsp3) is 0.588. The zero-order valence-electron chi connectivity index (χ0n) is 12.8. The van der Waals surface area contributed by atoms with Crippen LogP contribution in [0.15, 0.2) is 24.3 Å². The van der Waals surface area contributed by atoms with Crippen molar-refractivity contribution in [3.8, 4) is 5.75 Å². The molecule has 4 nitrogen and oxygen atoms in total. The maximum atomic E-state index is 12.6. The monoisotopic (exact) mass is 288 g/mol. The number of hydrogen-bond donors (Lipinski definition) is 0. The lowest BCUT2D eigenvalue weighted by Crippen LogP contribution is -2.41. The summed E-state index contributed by atoms with van der Waals surface area (Å²) in [6.07, 6.45) is 4.93. The average molecular weight is 288 g/mol. The van der Waals surface area contributed by atoms with E-state index in [1.165, 1.54) is 25.8 Å². The largest absolute Gasteiger partial charge is 0.491 e. The van der Waals surface area contributed by atoms with Gasteiger partial charge in [-0.3, -0.25) is 4.79 Å². The quantitative estimate of drug-likeness (QED) is 0.856. The highest BCUT2D eigenvalue weighted by atomic mass is 16.5. The van der Waals surface area contributed by atoms with E-state index in [2.05, 4.69) is 11.9 Å². The van der Waals surface area contributed by atoms with Gasteiger partial charge < -0.3 is 14.5 Å². The van der Waals surface area contributed by atoms with Gasteiger partial charge in [-0.05, 0) is 45.0 Å². The highest BCUT2D eigenvalue weighted by Gasteiger charge is 2.25. The van der Waals surface area contributed by atoms with E-state index in [-0.39, 0.29) is 5.91 Å². The molecule has 0 spiro atoms. The Hall–Kier alpha value is -1.55. The van der Waals surface area contributed by atoms with Gasteiger partial charge in [0.15, 0.2) is 0 Å². The summed E-state index contributed by atoms with van der Waals surface area (Å²) in [6.45, 7) is 3.28. The molecule has 0 radical (unpaired) electrons. The van der Waals surface area contributed by atoms with Crippen molar-refractivity contribution in [3.05, 3.63) is 29.8 Å². The summed E-state index contributed by atoms with van der Waals surface area (Å²) < 4.78 is 5.69. The number of piperidine rings is 1. The predicted octanol–water partition coefficient (Wildman–Crippen LogP) is 2.40. The second-order valence-corrected chi connectivity index (χ2v) is 6.06. The molecule has 2 aliphatic heterocycles. The molecule has 1 saturated heterocycles. The maximum Gasteiger partial charge on any atom is 0.257 e. The molecule has 0 N–H and O–H groups in total. The van der Waals surface area contributed by atoms with Gasteiger partial charge in [-0.25, -0.2) is 0 Å². The minimum atomic E-state index is 0.113. The first-order valence-electron chi connectivity index (χ1n) is 7.97. The van der Waals surface area contributed by atoms with Gasteiger partial charge in [-0.2, -0.15) is 0 Å². The first kappa shape index (κ1) is 14.4. The molecule has 0 aromatic heterocycles. The third-order valence-corrected chi connectivity index (χ3v) is 4.68. The molecule has 1 aromatic rings. The van der Waals surface area contributed by atoms with Crippen LogP contribution in [0.5, 0.6) is 5.75 Å². The van der Waals surface area contributed by atoms with Crippen molar-refractivity contribution in [2.75, 3.05) is 33.3 Å². The number of likely N-dealkylation sites (tertiary alicyclic amines) is 1. The van der Waals surface area contributed by atoms with Crippen molar-refractivity contribution < 1.29 is 9.53 Å². The molecular formula is C17H24N2O2. The molecule has 1 unspecified atom stereocenters. The normalized spacial score (nSPS) is 23.4.